The van der Waals surface area contributed by atoms with Crippen LogP contribution in [-0.4, -0.2) is 11.5 Å². The molecule has 0 atom stereocenters. The zero-order valence-corrected chi connectivity index (χ0v) is 19.8. The molecule has 166 valence electrons. The van der Waals surface area contributed by atoms with Crippen molar-refractivity contribution < 1.29 is 0 Å². The van der Waals surface area contributed by atoms with Crippen LogP contribution in [0.2, 0.25) is 5.02 Å². The Morgan fingerprint density at radius 1 is 0.559 bits per heavy atom. The van der Waals surface area contributed by atoms with Crippen LogP contribution in [-0.2, 0) is 0 Å². The van der Waals surface area contributed by atoms with Gasteiger partial charge >= 0.3 is 0 Å². The Balaban J connectivity index is 1.62. The summed E-state index contributed by atoms with van der Waals surface area (Å²) in [5.74, 6) is 0.741. The molecule has 0 saturated carbocycles. The van der Waals surface area contributed by atoms with E-state index in [1.807, 2.05) is 36.4 Å². The second-order valence-corrected chi connectivity index (χ2v) is 8.88. The number of rotatable bonds is 4. The number of benzene rings is 4. The van der Waals surface area contributed by atoms with E-state index in [1.165, 1.54) is 5.57 Å². The Bertz CT molecular complexity index is 1380. The Hall–Kier alpha value is -3.75. The summed E-state index contributed by atoms with van der Waals surface area (Å²) in [6.45, 7) is 2.18. The molecule has 0 saturated heterocycles. The molecule has 0 aliphatic carbocycles. The van der Waals surface area contributed by atoms with Crippen molar-refractivity contribution in [3.8, 4) is 11.1 Å². The van der Waals surface area contributed by atoms with Crippen LogP contribution in [0.25, 0.3) is 16.8 Å². The molecule has 1 aliphatic heterocycles. The summed E-state index contributed by atoms with van der Waals surface area (Å²) >= 11 is 6.10. The van der Waals surface area contributed by atoms with Gasteiger partial charge in [0.1, 0.15) is 0 Å². The van der Waals surface area contributed by atoms with Gasteiger partial charge in [-0.1, -0.05) is 103 Å². The van der Waals surface area contributed by atoms with Gasteiger partial charge < -0.3 is 0 Å². The average molecular weight is 461 g/mol. The van der Waals surface area contributed by atoms with Crippen molar-refractivity contribution in [2.75, 3.05) is 0 Å². The first-order valence-electron chi connectivity index (χ1n) is 11.5. The summed E-state index contributed by atoms with van der Waals surface area (Å²) in [4.78, 5) is 10.3. The van der Waals surface area contributed by atoms with Crippen molar-refractivity contribution in [3.05, 3.63) is 136 Å². The molecule has 0 amide bonds. The second kappa shape index (κ2) is 10.0. The smallest absolute Gasteiger partial charge is 0.160 e. The third-order valence-corrected chi connectivity index (χ3v) is 6.30. The first-order chi connectivity index (χ1) is 16.7. The summed E-state index contributed by atoms with van der Waals surface area (Å²) in [6, 6.07) is 37.2. The van der Waals surface area contributed by atoms with Gasteiger partial charge in [0.2, 0.25) is 0 Å². The highest BCUT2D eigenvalue weighted by Gasteiger charge is 2.16. The van der Waals surface area contributed by atoms with E-state index < -0.39 is 0 Å². The van der Waals surface area contributed by atoms with Crippen LogP contribution in [0.4, 0.5) is 0 Å². The second-order valence-electron chi connectivity index (χ2n) is 8.44. The minimum atomic E-state index is 0.739. The van der Waals surface area contributed by atoms with Gasteiger partial charge in [-0.05, 0) is 60.2 Å². The molecule has 2 nitrogen and oxygen atoms in total. The predicted octanol–water partition coefficient (Wildman–Crippen LogP) is 8.47. The minimum Gasteiger partial charge on any atom is -0.232 e. The molecule has 34 heavy (non-hydrogen) atoms. The van der Waals surface area contributed by atoms with Gasteiger partial charge in [-0.3, -0.25) is 0 Å². The highest BCUT2D eigenvalue weighted by molar-refractivity contribution is 6.30. The fraction of sp³-hybridized carbons (Fsp3) is 0.0968. The highest BCUT2D eigenvalue weighted by Crippen LogP contribution is 2.31. The molecule has 4 aromatic rings. The third-order valence-electron chi connectivity index (χ3n) is 6.05. The number of halogens is 1. The lowest BCUT2D eigenvalue weighted by atomic mass is 9.96. The Morgan fingerprint density at radius 3 is 1.88 bits per heavy atom. The molecule has 3 heteroatoms. The lowest BCUT2D eigenvalue weighted by molar-refractivity contribution is 1.00. The summed E-state index contributed by atoms with van der Waals surface area (Å²) in [5.41, 5.74) is 8.83. The van der Waals surface area contributed by atoms with Gasteiger partial charge in [0.05, 0.1) is 11.4 Å². The number of hydrogen-bond donors (Lipinski definition) is 0. The third kappa shape index (κ3) is 4.93. The van der Waals surface area contributed by atoms with Crippen molar-refractivity contribution in [2.24, 2.45) is 9.98 Å². The monoisotopic (exact) mass is 460 g/mol. The molecule has 4 aromatic carbocycles. The van der Waals surface area contributed by atoms with Crippen molar-refractivity contribution in [3.63, 3.8) is 0 Å². The number of allylic oxidation sites excluding steroid dienone is 1. The fourth-order valence-electron chi connectivity index (χ4n) is 4.19. The summed E-state index contributed by atoms with van der Waals surface area (Å²) < 4.78 is 0. The minimum absolute atomic E-state index is 0.739. The summed E-state index contributed by atoms with van der Waals surface area (Å²) in [7, 11) is 0. The van der Waals surface area contributed by atoms with Crippen molar-refractivity contribution in [1.82, 2.24) is 0 Å². The number of nitrogens with zero attached hydrogens (tertiary/aromatic N) is 2. The maximum atomic E-state index is 6.10. The zero-order valence-electron chi connectivity index (χ0n) is 19.1. The van der Waals surface area contributed by atoms with Gasteiger partial charge in [-0.2, -0.15) is 0 Å². The van der Waals surface area contributed by atoms with Crippen molar-refractivity contribution in [2.45, 2.75) is 19.8 Å². The standard InChI is InChI=1S/C31H25ClN2/c1-22-15-20-29(24-9-4-2-5-10-24)33-31(25-11-6-3-7-12-25)34-30(22)27-14-8-13-26(21-27)23-16-18-28(32)19-17-23/h2-14,16-19,21H,15,20H2,1H3/b30-22-,33-29?,34-31?. The van der Waals surface area contributed by atoms with Crippen LogP contribution < -0.4 is 0 Å². The van der Waals surface area contributed by atoms with Gasteiger partial charge in [0.15, 0.2) is 5.84 Å². The molecular formula is C31H25ClN2. The molecule has 1 heterocycles. The zero-order chi connectivity index (χ0) is 23.3. The van der Waals surface area contributed by atoms with Crippen LogP contribution in [0.5, 0.6) is 0 Å². The van der Waals surface area contributed by atoms with Gasteiger partial charge in [0.25, 0.3) is 0 Å². The lowest BCUT2D eigenvalue weighted by Crippen LogP contribution is -2.10. The maximum Gasteiger partial charge on any atom is 0.160 e. The normalized spacial score (nSPS) is 16.3. The largest absolute Gasteiger partial charge is 0.232 e. The number of aliphatic imine (C=N–C) groups is 2. The maximum absolute atomic E-state index is 6.10. The predicted molar refractivity (Wildman–Crippen MR) is 145 cm³/mol. The van der Waals surface area contributed by atoms with Gasteiger partial charge in [-0.15, -0.1) is 0 Å². The molecule has 0 aromatic heterocycles. The van der Waals surface area contributed by atoms with E-state index in [-0.39, 0.29) is 0 Å². The first kappa shape index (κ1) is 22.1. The molecular weight excluding hydrogens is 436 g/mol. The topological polar surface area (TPSA) is 24.7 Å². The molecule has 0 unspecified atom stereocenters. The van der Waals surface area contributed by atoms with Crippen molar-refractivity contribution >= 4 is 28.8 Å². The van der Waals surface area contributed by atoms with Crippen LogP contribution in [0.1, 0.15) is 36.5 Å². The Kier molecular flexibility index (Phi) is 6.51. The molecule has 0 fully saturated rings. The Labute approximate surface area is 206 Å². The van der Waals surface area contributed by atoms with Crippen LogP contribution >= 0.6 is 11.6 Å². The lowest BCUT2D eigenvalue weighted by Gasteiger charge is -2.17. The molecule has 0 bridgehead atoms. The molecule has 0 spiro atoms. The quantitative estimate of drug-likeness (QED) is 0.291. The van der Waals surface area contributed by atoms with Crippen LogP contribution in [0.3, 0.4) is 0 Å². The number of hydrogen-bond acceptors (Lipinski definition) is 2. The van der Waals surface area contributed by atoms with Crippen LogP contribution in [0.15, 0.2) is 125 Å². The molecule has 1 aliphatic rings. The molecule has 0 N–H and O–H groups in total. The van der Waals surface area contributed by atoms with Gasteiger partial charge in [-0.25, -0.2) is 9.98 Å². The average Bonchev–Trinajstić information content (AvgIpc) is 2.88. The van der Waals surface area contributed by atoms with Crippen LogP contribution in [0, 0.1) is 0 Å². The van der Waals surface area contributed by atoms with Crippen molar-refractivity contribution in [1.29, 1.82) is 0 Å². The Morgan fingerprint density at radius 2 is 1.18 bits per heavy atom. The SMILES string of the molecule is C/C1=C(\c2cccc(-c3ccc(Cl)cc3)c2)N=C(c2ccccc2)N=C(c2ccccc2)CC1. The van der Waals surface area contributed by atoms with E-state index in [1.54, 1.807) is 0 Å². The summed E-state index contributed by atoms with van der Waals surface area (Å²) in [5, 5.41) is 0.739. The molecule has 5 rings (SSSR count). The van der Waals surface area contributed by atoms with E-state index in [0.717, 1.165) is 62.9 Å². The first-order valence-corrected chi connectivity index (χ1v) is 11.9. The van der Waals surface area contributed by atoms with E-state index in [9.17, 15) is 0 Å². The van der Waals surface area contributed by atoms with Gasteiger partial charge in [0, 0.05) is 16.1 Å². The van der Waals surface area contributed by atoms with E-state index >= 15 is 0 Å². The number of amidine groups is 1. The van der Waals surface area contributed by atoms with E-state index in [2.05, 4.69) is 79.7 Å². The molecule has 0 radical (unpaired) electrons. The van der Waals surface area contributed by atoms with E-state index in [0.29, 0.717) is 0 Å². The summed E-state index contributed by atoms with van der Waals surface area (Å²) in [6.07, 6.45) is 1.77. The van der Waals surface area contributed by atoms with E-state index in [4.69, 9.17) is 21.6 Å². The fourth-order valence-corrected chi connectivity index (χ4v) is 4.32. The highest BCUT2D eigenvalue weighted by atomic mass is 35.5.